The summed E-state index contributed by atoms with van der Waals surface area (Å²) >= 11 is 0. The standard InChI is InChI=1S/C14H18F3N/c1-8(7-18-10-3-4-10)9(2)11-5-6-12(15)14(17)13(11)16/h5-6,8-10,18H,3-4,7H2,1-2H3. The summed E-state index contributed by atoms with van der Waals surface area (Å²) < 4.78 is 39.7. The Morgan fingerprint density at radius 2 is 1.83 bits per heavy atom. The second-order valence-corrected chi connectivity index (χ2v) is 5.21. The summed E-state index contributed by atoms with van der Waals surface area (Å²) in [5.41, 5.74) is 0.249. The maximum absolute atomic E-state index is 13.6. The maximum Gasteiger partial charge on any atom is 0.194 e. The zero-order chi connectivity index (χ0) is 13.3. The fourth-order valence-corrected chi connectivity index (χ4v) is 2.02. The van der Waals surface area contributed by atoms with Gasteiger partial charge in [-0.15, -0.1) is 0 Å². The first-order valence-electron chi connectivity index (χ1n) is 6.37. The molecule has 1 N–H and O–H groups in total. The summed E-state index contributed by atoms with van der Waals surface area (Å²) in [7, 11) is 0. The van der Waals surface area contributed by atoms with E-state index >= 15 is 0 Å². The number of benzene rings is 1. The van der Waals surface area contributed by atoms with E-state index in [1.54, 1.807) is 0 Å². The molecule has 1 fully saturated rings. The van der Waals surface area contributed by atoms with Crippen molar-refractivity contribution in [2.45, 2.75) is 38.6 Å². The van der Waals surface area contributed by atoms with E-state index in [1.807, 2.05) is 13.8 Å². The average molecular weight is 257 g/mol. The van der Waals surface area contributed by atoms with Crippen molar-refractivity contribution in [3.05, 3.63) is 35.1 Å². The summed E-state index contributed by atoms with van der Waals surface area (Å²) in [4.78, 5) is 0. The molecule has 1 nitrogen and oxygen atoms in total. The molecule has 1 aliphatic rings. The number of rotatable bonds is 5. The lowest BCUT2D eigenvalue weighted by Gasteiger charge is -2.21. The minimum absolute atomic E-state index is 0.147. The Kier molecular flexibility index (Phi) is 3.95. The first-order valence-corrected chi connectivity index (χ1v) is 6.37. The van der Waals surface area contributed by atoms with Gasteiger partial charge in [0.2, 0.25) is 0 Å². The van der Waals surface area contributed by atoms with Crippen molar-refractivity contribution >= 4 is 0 Å². The van der Waals surface area contributed by atoms with Gasteiger partial charge in [0.15, 0.2) is 17.5 Å². The molecule has 100 valence electrons. The molecule has 0 radical (unpaired) electrons. The molecule has 2 rings (SSSR count). The molecule has 1 aromatic carbocycles. The van der Waals surface area contributed by atoms with Crippen molar-refractivity contribution in [2.75, 3.05) is 6.54 Å². The molecule has 0 spiro atoms. The summed E-state index contributed by atoms with van der Waals surface area (Å²) in [6, 6.07) is 2.92. The summed E-state index contributed by atoms with van der Waals surface area (Å²) in [6.45, 7) is 4.60. The lowest BCUT2D eigenvalue weighted by Crippen LogP contribution is -2.26. The van der Waals surface area contributed by atoms with Gasteiger partial charge in [-0.1, -0.05) is 19.9 Å². The van der Waals surface area contributed by atoms with E-state index in [0.717, 1.165) is 12.6 Å². The maximum atomic E-state index is 13.6. The van der Waals surface area contributed by atoms with Crippen molar-refractivity contribution in [1.82, 2.24) is 5.32 Å². The second-order valence-electron chi connectivity index (χ2n) is 5.21. The molecule has 2 atom stereocenters. The first kappa shape index (κ1) is 13.4. The van der Waals surface area contributed by atoms with Gasteiger partial charge < -0.3 is 5.32 Å². The summed E-state index contributed by atoms with van der Waals surface area (Å²) in [5, 5.41) is 3.36. The van der Waals surface area contributed by atoms with Crippen LogP contribution in [0, 0.1) is 23.4 Å². The lowest BCUT2D eigenvalue weighted by molar-refractivity contribution is 0.405. The number of halogens is 3. The molecule has 1 aliphatic carbocycles. The Bertz CT molecular complexity index is 429. The highest BCUT2D eigenvalue weighted by atomic mass is 19.2. The third-order valence-corrected chi connectivity index (χ3v) is 3.72. The SMILES string of the molecule is CC(CNC1CC1)C(C)c1ccc(F)c(F)c1F. The van der Waals surface area contributed by atoms with Gasteiger partial charge in [-0.2, -0.15) is 0 Å². The van der Waals surface area contributed by atoms with Crippen LogP contribution in [0.4, 0.5) is 13.2 Å². The molecular weight excluding hydrogens is 239 g/mol. The Morgan fingerprint density at radius 1 is 1.17 bits per heavy atom. The van der Waals surface area contributed by atoms with Gasteiger partial charge in [0, 0.05) is 6.04 Å². The molecule has 0 saturated heterocycles. The Hall–Kier alpha value is -1.03. The van der Waals surface area contributed by atoms with Crippen LogP contribution in [0.5, 0.6) is 0 Å². The largest absolute Gasteiger partial charge is 0.314 e. The lowest BCUT2D eigenvalue weighted by atomic mass is 9.88. The normalized spacial score (nSPS) is 18.7. The van der Waals surface area contributed by atoms with Gasteiger partial charge in [-0.25, -0.2) is 13.2 Å². The minimum atomic E-state index is -1.37. The van der Waals surface area contributed by atoms with E-state index in [9.17, 15) is 13.2 Å². The highest BCUT2D eigenvalue weighted by Gasteiger charge is 2.25. The molecule has 0 aromatic heterocycles. The monoisotopic (exact) mass is 257 g/mol. The third kappa shape index (κ3) is 2.86. The highest BCUT2D eigenvalue weighted by molar-refractivity contribution is 5.24. The van der Waals surface area contributed by atoms with E-state index in [1.165, 1.54) is 18.9 Å². The molecule has 4 heteroatoms. The predicted octanol–water partition coefficient (Wildman–Crippen LogP) is 3.60. The van der Waals surface area contributed by atoms with Crippen LogP contribution in [0.15, 0.2) is 12.1 Å². The smallest absolute Gasteiger partial charge is 0.194 e. The van der Waals surface area contributed by atoms with Crippen LogP contribution < -0.4 is 5.32 Å². The predicted molar refractivity (Wildman–Crippen MR) is 64.9 cm³/mol. The van der Waals surface area contributed by atoms with Crippen molar-refractivity contribution in [3.8, 4) is 0 Å². The van der Waals surface area contributed by atoms with Gasteiger partial charge in [0.1, 0.15) is 0 Å². The zero-order valence-electron chi connectivity index (χ0n) is 10.6. The van der Waals surface area contributed by atoms with Crippen LogP contribution >= 0.6 is 0 Å². The number of nitrogens with one attached hydrogen (secondary N) is 1. The fraction of sp³-hybridized carbons (Fsp3) is 0.571. The van der Waals surface area contributed by atoms with Gasteiger partial charge in [0.25, 0.3) is 0 Å². The van der Waals surface area contributed by atoms with Crippen molar-refractivity contribution in [2.24, 2.45) is 5.92 Å². The molecule has 0 aliphatic heterocycles. The Balaban J connectivity index is 2.06. The van der Waals surface area contributed by atoms with Gasteiger partial charge in [-0.05, 0) is 42.9 Å². The first-order chi connectivity index (χ1) is 8.50. The van der Waals surface area contributed by atoms with E-state index in [-0.39, 0.29) is 17.4 Å². The third-order valence-electron chi connectivity index (χ3n) is 3.72. The Labute approximate surface area is 105 Å². The van der Waals surface area contributed by atoms with Gasteiger partial charge in [-0.3, -0.25) is 0 Å². The number of hydrogen-bond acceptors (Lipinski definition) is 1. The topological polar surface area (TPSA) is 12.0 Å². The number of hydrogen-bond donors (Lipinski definition) is 1. The molecule has 0 heterocycles. The molecule has 1 aromatic rings. The molecule has 18 heavy (non-hydrogen) atoms. The summed E-state index contributed by atoms with van der Waals surface area (Å²) in [5.74, 6) is -3.54. The van der Waals surface area contributed by atoms with Crippen LogP contribution in [0.2, 0.25) is 0 Å². The van der Waals surface area contributed by atoms with E-state index in [0.29, 0.717) is 6.04 Å². The molecule has 0 amide bonds. The fourth-order valence-electron chi connectivity index (χ4n) is 2.02. The molecule has 0 bridgehead atoms. The second kappa shape index (κ2) is 5.31. The minimum Gasteiger partial charge on any atom is -0.314 e. The van der Waals surface area contributed by atoms with Crippen molar-refractivity contribution < 1.29 is 13.2 Å². The van der Waals surface area contributed by atoms with Crippen LogP contribution in [-0.2, 0) is 0 Å². The quantitative estimate of drug-likeness (QED) is 0.795. The highest BCUT2D eigenvalue weighted by Crippen LogP contribution is 2.29. The average Bonchev–Trinajstić information content (AvgIpc) is 3.16. The van der Waals surface area contributed by atoms with Crippen LogP contribution in [0.1, 0.15) is 38.2 Å². The molecule has 1 saturated carbocycles. The van der Waals surface area contributed by atoms with Gasteiger partial charge >= 0.3 is 0 Å². The van der Waals surface area contributed by atoms with Crippen molar-refractivity contribution in [3.63, 3.8) is 0 Å². The van der Waals surface area contributed by atoms with E-state index in [2.05, 4.69) is 5.32 Å². The summed E-state index contributed by atoms with van der Waals surface area (Å²) in [6.07, 6.45) is 2.39. The van der Waals surface area contributed by atoms with Gasteiger partial charge in [0.05, 0.1) is 0 Å². The van der Waals surface area contributed by atoms with Crippen LogP contribution in [0.25, 0.3) is 0 Å². The molecular formula is C14H18F3N. The molecule has 2 unspecified atom stereocenters. The van der Waals surface area contributed by atoms with Crippen LogP contribution in [-0.4, -0.2) is 12.6 Å². The van der Waals surface area contributed by atoms with E-state index < -0.39 is 17.5 Å². The Morgan fingerprint density at radius 3 is 2.44 bits per heavy atom. The zero-order valence-corrected chi connectivity index (χ0v) is 10.6. The van der Waals surface area contributed by atoms with E-state index in [4.69, 9.17) is 0 Å². The van der Waals surface area contributed by atoms with Crippen molar-refractivity contribution in [1.29, 1.82) is 0 Å². The van der Waals surface area contributed by atoms with Crippen LogP contribution in [0.3, 0.4) is 0 Å².